The Hall–Kier alpha value is -1.84. The van der Waals surface area contributed by atoms with E-state index in [1.165, 1.54) is 19.3 Å². The molecule has 0 unspecified atom stereocenters. The molecule has 0 bridgehead atoms. The smallest absolute Gasteiger partial charge is 0.139 e. The third-order valence-electron chi connectivity index (χ3n) is 4.02. The van der Waals surface area contributed by atoms with Crippen molar-refractivity contribution in [3.05, 3.63) is 24.5 Å². The minimum atomic E-state index is 0.749. The Balaban J connectivity index is 1.97. The minimum absolute atomic E-state index is 0.749. The fourth-order valence-corrected chi connectivity index (χ4v) is 2.66. The molecule has 0 aliphatic heterocycles. The van der Waals surface area contributed by atoms with Gasteiger partial charge < -0.3 is 10.6 Å². The molecule has 1 aromatic carbocycles. The van der Waals surface area contributed by atoms with E-state index in [4.69, 9.17) is 5.73 Å². The largest absolute Gasteiger partial charge is 0.399 e. The first-order valence-electron chi connectivity index (χ1n) is 7.03. The monoisotopic (exact) mass is 256 g/mol. The molecule has 0 radical (unpaired) electrons. The van der Waals surface area contributed by atoms with Crippen molar-refractivity contribution in [2.75, 3.05) is 23.7 Å². The van der Waals surface area contributed by atoms with Crippen molar-refractivity contribution in [2.45, 2.75) is 26.2 Å². The Kier molecular flexibility index (Phi) is 3.23. The summed E-state index contributed by atoms with van der Waals surface area (Å²) in [5, 5.41) is 1.10. The maximum Gasteiger partial charge on any atom is 0.139 e. The molecule has 2 N–H and O–H groups in total. The van der Waals surface area contributed by atoms with Crippen LogP contribution in [-0.2, 0) is 0 Å². The number of hydrogen-bond acceptors (Lipinski definition) is 4. The molecule has 1 aromatic heterocycles. The van der Waals surface area contributed by atoms with Gasteiger partial charge in [-0.3, -0.25) is 0 Å². The first-order chi connectivity index (χ1) is 9.28. The van der Waals surface area contributed by atoms with E-state index in [9.17, 15) is 0 Å². The number of hydrogen-bond donors (Lipinski definition) is 1. The molecule has 0 spiro atoms. The van der Waals surface area contributed by atoms with Crippen molar-refractivity contribution in [2.24, 2.45) is 5.92 Å². The third-order valence-corrected chi connectivity index (χ3v) is 4.02. The molecule has 3 rings (SSSR count). The average Bonchev–Trinajstić information content (AvgIpc) is 2.37. The second-order valence-corrected chi connectivity index (χ2v) is 5.31. The van der Waals surface area contributed by atoms with Gasteiger partial charge in [-0.05, 0) is 43.9 Å². The van der Waals surface area contributed by atoms with Crippen LogP contribution in [-0.4, -0.2) is 23.1 Å². The molecule has 1 fully saturated rings. The molecule has 19 heavy (non-hydrogen) atoms. The van der Waals surface area contributed by atoms with E-state index in [-0.39, 0.29) is 0 Å². The second-order valence-electron chi connectivity index (χ2n) is 5.31. The quantitative estimate of drug-likeness (QED) is 0.855. The number of rotatable bonds is 4. The summed E-state index contributed by atoms with van der Waals surface area (Å²) in [7, 11) is 0. The maximum absolute atomic E-state index is 5.82. The van der Waals surface area contributed by atoms with E-state index in [1.54, 1.807) is 6.33 Å². The minimum Gasteiger partial charge on any atom is -0.399 e. The lowest BCUT2D eigenvalue weighted by atomic mass is 9.85. The van der Waals surface area contributed by atoms with Crippen LogP contribution in [0.4, 0.5) is 11.5 Å². The fraction of sp³-hybridized carbons (Fsp3) is 0.467. The number of aromatic nitrogens is 2. The van der Waals surface area contributed by atoms with E-state index in [1.807, 2.05) is 18.2 Å². The van der Waals surface area contributed by atoms with Crippen molar-refractivity contribution in [3.63, 3.8) is 0 Å². The summed E-state index contributed by atoms with van der Waals surface area (Å²) in [6.45, 7) is 4.27. The van der Waals surface area contributed by atoms with Crippen LogP contribution >= 0.6 is 0 Å². The van der Waals surface area contributed by atoms with Gasteiger partial charge in [-0.1, -0.05) is 6.42 Å². The molecule has 4 heteroatoms. The average molecular weight is 256 g/mol. The predicted molar refractivity (Wildman–Crippen MR) is 79.2 cm³/mol. The highest BCUT2D eigenvalue weighted by molar-refractivity contribution is 5.91. The summed E-state index contributed by atoms with van der Waals surface area (Å²) in [6.07, 6.45) is 5.72. The van der Waals surface area contributed by atoms with Crippen LogP contribution in [0, 0.1) is 5.92 Å². The normalized spacial score (nSPS) is 15.4. The van der Waals surface area contributed by atoms with Gasteiger partial charge in [-0.15, -0.1) is 0 Å². The lowest BCUT2D eigenvalue weighted by Gasteiger charge is -2.32. The molecule has 4 nitrogen and oxygen atoms in total. The van der Waals surface area contributed by atoms with Gasteiger partial charge in [0, 0.05) is 24.2 Å². The van der Waals surface area contributed by atoms with Crippen molar-refractivity contribution in [1.29, 1.82) is 0 Å². The molecule has 1 saturated carbocycles. The fourth-order valence-electron chi connectivity index (χ4n) is 2.66. The van der Waals surface area contributed by atoms with Crippen molar-refractivity contribution < 1.29 is 0 Å². The van der Waals surface area contributed by atoms with Crippen molar-refractivity contribution in [3.8, 4) is 0 Å². The Bertz CT molecular complexity index is 577. The maximum atomic E-state index is 5.82. The zero-order chi connectivity index (χ0) is 13.2. The number of nitrogens with zero attached hydrogens (tertiary/aromatic N) is 3. The molecule has 2 aromatic rings. The van der Waals surface area contributed by atoms with Crippen LogP contribution < -0.4 is 10.6 Å². The zero-order valence-corrected chi connectivity index (χ0v) is 11.3. The molecule has 1 aliphatic rings. The molecule has 0 saturated heterocycles. The van der Waals surface area contributed by atoms with Gasteiger partial charge in [0.1, 0.15) is 12.1 Å². The van der Waals surface area contributed by atoms with E-state index in [2.05, 4.69) is 21.8 Å². The SMILES string of the molecule is CCN(CC1CCC1)c1ncnc2cc(N)ccc12. The molecule has 100 valence electrons. The van der Waals surface area contributed by atoms with Gasteiger partial charge in [-0.2, -0.15) is 0 Å². The number of nitrogen functional groups attached to an aromatic ring is 1. The van der Waals surface area contributed by atoms with E-state index in [0.29, 0.717) is 0 Å². The van der Waals surface area contributed by atoms with Crippen LogP contribution in [0.15, 0.2) is 24.5 Å². The van der Waals surface area contributed by atoms with Gasteiger partial charge in [-0.25, -0.2) is 9.97 Å². The highest BCUT2D eigenvalue weighted by Crippen LogP contribution is 2.30. The Labute approximate surface area is 113 Å². The highest BCUT2D eigenvalue weighted by Gasteiger charge is 2.21. The zero-order valence-electron chi connectivity index (χ0n) is 11.3. The van der Waals surface area contributed by atoms with E-state index < -0.39 is 0 Å². The number of benzene rings is 1. The van der Waals surface area contributed by atoms with Gasteiger partial charge >= 0.3 is 0 Å². The van der Waals surface area contributed by atoms with Gasteiger partial charge in [0.25, 0.3) is 0 Å². The number of nitrogens with two attached hydrogens (primary N) is 1. The first-order valence-corrected chi connectivity index (χ1v) is 7.03. The second kappa shape index (κ2) is 5.03. The summed E-state index contributed by atoms with van der Waals surface area (Å²) >= 11 is 0. The number of anilines is 2. The predicted octanol–water partition coefficient (Wildman–Crippen LogP) is 2.84. The summed E-state index contributed by atoms with van der Waals surface area (Å²) < 4.78 is 0. The number of fused-ring (bicyclic) bond motifs is 1. The lowest BCUT2D eigenvalue weighted by molar-refractivity contribution is 0.318. The third kappa shape index (κ3) is 2.35. The Morgan fingerprint density at radius 3 is 2.84 bits per heavy atom. The van der Waals surface area contributed by atoms with Gasteiger partial charge in [0.2, 0.25) is 0 Å². The van der Waals surface area contributed by atoms with Crippen molar-refractivity contribution in [1.82, 2.24) is 9.97 Å². The lowest BCUT2D eigenvalue weighted by Crippen LogP contribution is -2.33. The Morgan fingerprint density at radius 2 is 2.16 bits per heavy atom. The van der Waals surface area contributed by atoms with E-state index in [0.717, 1.165) is 41.4 Å². The molecular formula is C15H20N4. The summed E-state index contributed by atoms with van der Waals surface area (Å²) in [5.41, 5.74) is 7.50. The highest BCUT2D eigenvalue weighted by atomic mass is 15.2. The summed E-state index contributed by atoms with van der Waals surface area (Å²) in [6, 6.07) is 5.87. The van der Waals surface area contributed by atoms with Crippen LogP contribution in [0.3, 0.4) is 0 Å². The molecular weight excluding hydrogens is 236 g/mol. The molecule has 0 amide bonds. The molecule has 1 heterocycles. The topological polar surface area (TPSA) is 55.0 Å². The first kappa shape index (κ1) is 12.2. The van der Waals surface area contributed by atoms with Gasteiger partial charge in [0.15, 0.2) is 0 Å². The van der Waals surface area contributed by atoms with Crippen LogP contribution in [0.2, 0.25) is 0 Å². The van der Waals surface area contributed by atoms with Crippen LogP contribution in [0.1, 0.15) is 26.2 Å². The Morgan fingerprint density at radius 1 is 1.32 bits per heavy atom. The summed E-state index contributed by atoms with van der Waals surface area (Å²) in [5.74, 6) is 1.87. The molecule has 0 atom stereocenters. The van der Waals surface area contributed by atoms with E-state index >= 15 is 0 Å². The van der Waals surface area contributed by atoms with Crippen molar-refractivity contribution >= 4 is 22.4 Å². The van der Waals surface area contributed by atoms with Crippen LogP contribution in [0.5, 0.6) is 0 Å². The van der Waals surface area contributed by atoms with Gasteiger partial charge in [0.05, 0.1) is 5.52 Å². The van der Waals surface area contributed by atoms with Crippen LogP contribution in [0.25, 0.3) is 10.9 Å². The summed E-state index contributed by atoms with van der Waals surface area (Å²) in [4.78, 5) is 11.2. The molecule has 1 aliphatic carbocycles. The standard InChI is InChI=1S/C15H20N4/c1-2-19(9-11-4-3-5-11)15-13-7-6-12(16)8-14(13)17-10-18-15/h6-8,10-11H,2-5,9,16H2,1H3.